The molecule has 2 rings (SSSR count). The van der Waals surface area contributed by atoms with Crippen LogP contribution in [0.4, 0.5) is 0 Å². The van der Waals surface area contributed by atoms with E-state index in [-0.39, 0.29) is 6.10 Å². The average molecular weight is 298 g/mol. The minimum absolute atomic E-state index is 0.239. The number of hydrogen-bond donors (Lipinski definition) is 1. The predicted octanol–water partition coefficient (Wildman–Crippen LogP) is 3.40. The van der Waals surface area contributed by atoms with Crippen LogP contribution in [0.1, 0.15) is 31.7 Å². The third-order valence-electron chi connectivity index (χ3n) is 3.46. The zero-order valence-corrected chi connectivity index (χ0v) is 12.9. The van der Waals surface area contributed by atoms with Crippen LogP contribution in [0.25, 0.3) is 0 Å². The Labute approximate surface area is 126 Å². The second-order valence-electron chi connectivity index (χ2n) is 5.31. The van der Waals surface area contributed by atoms with Crippen molar-refractivity contribution in [3.63, 3.8) is 0 Å². The lowest BCUT2D eigenvalue weighted by molar-refractivity contribution is -0.0189. The smallest absolute Gasteiger partial charge is 0.0814 e. The van der Waals surface area contributed by atoms with Crippen LogP contribution in [0, 0.1) is 0 Å². The predicted molar refractivity (Wildman–Crippen MR) is 82.2 cm³/mol. The Morgan fingerprint density at radius 1 is 1.35 bits per heavy atom. The van der Waals surface area contributed by atoms with E-state index in [1.54, 1.807) is 0 Å². The molecule has 1 aliphatic heterocycles. The second-order valence-corrected chi connectivity index (χ2v) is 5.74. The molecule has 2 unspecified atom stereocenters. The summed E-state index contributed by atoms with van der Waals surface area (Å²) in [7, 11) is 0. The van der Waals surface area contributed by atoms with Crippen LogP contribution in [-0.4, -0.2) is 31.9 Å². The molecule has 1 heterocycles. The largest absolute Gasteiger partial charge is 0.374 e. The molecule has 2 atom stereocenters. The highest BCUT2D eigenvalue weighted by molar-refractivity contribution is 6.30. The summed E-state index contributed by atoms with van der Waals surface area (Å²) in [4.78, 5) is 0. The van der Waals surface area contributed by atoms with E-state index in [4.69, 9.17) is 21.1 Å². The van der Waals surface area contributed by atoms with Crippen LogP contribution in [0.15, 0.2) is 24.3 Å². The molecule has 20 heavy (non-hydrogen) atoms. The molecule has 4 heteroatoms. The number of rotatable bonds is 8. The first-order valence-corrected chi connectivity index (χ1v) is 7.84. The lowest BCUT2D eigenvalue weighted by Crippen LogP contribution is -2.28. The van der Waals surface area contributed by atoms with Crippen molar-refractivity contribution in [3.05, 3.63) is 34.9 Å². The van der Waals surface area contributed by atoms with Crippen molar-refractivity contribution in [2.45, 2.75) is 45.0 Å². The van der Waals surface area contributed by atoms with Gasteiger partial charge in [0.1, 0.15) is 0 Å². The van der Waals surface area contributed by atoms with Gasteiger partial charge >= 0.3 is 0 Å². The van der Waals surface area contributed by atoms with Gasteiger partial charge in [-0.15, -0.1) is 0 Å². The van der Waals surface area contributed by atoms with Crippen LogP contribution >= 0.6 is 11.6 Å². The summed E-state index contributed by atoms with van der Waals surface area (Å²) >= 11 is 5.94. The van der Waals surface area contributed by atoms with Gasteiger partial charge in [0.2, 0.25) is 0 Å². The molecule has 1 fully saturated rings. The SMILES string of the molecule is CCCNCC1CCC(COCc2cccc(Cl)c2)O1. The Morgan fingerprint density at radius 2 is 2.20 bits per heavy atom. The summed E-state index contributed by atoms with van der Waals surface area (Å²) in [6.07, 6.45) is 3.97. The molecule has 0 saturated carbocycles. The van der Waals surface area contributed by atoms with E-state index < -0.39 is 0 Å². The Bertz CT molecular complexity index is 400. The van der Waals surface area contributed by atoms with Crippen LogP contribution in [-0.2, 0) is 16.1 Å². The highest BCUT2D eigenvalue weighted by atomic mass is 35.5. The molecule has 3 nitrogen and oxygen atoms in total. The standard InChI is InChI=1S/C16H24ClNO2/c1-2-8-18-10-15-6-7-16(20-15)12-19-11-13-4-3-5-14(17)9-13/h3-5,9,15-16,18H,2,6-8,10-12H2,1H3. The van der Waals surface area contributed by atoms with Crippen LogP contribution < -0.4 is 5.32 Å². The first kappa shape index (κ1) is 15.8. The van der Waals surface area contributed by atoms with Gasteiger partial charge in [-0.2, -0.15) is 0 Å². The molecule has 0 aliphatic carbocycles. The van der Waals surface area contributed by atoms with E-state index in [0.717, 1.165) is 36.5 Å². The van der Waals surface area contributed by atoms with Crippen molar-refractivity contribution >= 4 is 11.6 Å². The fourth-order valence-corrected chi connectivity index (χ4v) is 2.64. The van der Waals surface area contributed by atoms with E-state index in [1.807, 2.05) is 24.3 Å². The minimum atomic E-state index is 0.239. The number of ether oxygens (including phenoxy) is 2. The normalized spacial score (nSPS) is 22.3. The van der Waals surface area contributed by atoms with E-state index in [2.05, 4.69) is 12.2 Å². The molecule has 0 aromatic heterocycles. The summed E-state index contributed by atoms with van der Waals surface area (Å²) in [6.45, 7) is 5.46. The number of halogens is 1. The first-order valence-electron chi connectivity index (χ1n) is 7.46. The maximum atomic E-state index is 5.96. The minimum Gasteiger partial charge on any atom is -0.374 e. The Hall–Kier alpha value is -0.610. The quantitative estimate of drug-likeness (QED) is 0.746. The monoisotopic (exact) mass is 297 g/mol. The molecule has 1 aromatic carbocycles. The lowest BCUT2D eigenvalue weighted by atomic mass is 10.2. The number of benzene rings is 1. The third kappa shape index (κ3) is 5.41. The highest BCUT2D eigenvalue weighted by Crippen LogP contribution is 2.20. The molecule has 112 valence electrons. The van der Waals surface area contributed by atoms with E-state index in [9.17, 15) is 0 Å². The maximum absolute atomic E-state index is 5.96. The van der Waals surface area contributed by atoms with E-state index in [1.165, 1.54) is 6.42 Å². The number of hydrogen-bond acceptors (Lipinski definition) is 3. The fourth-order valence-electron chi connectivity index (χ4n) is 2.43. The maximum Gasteiger partial charge on any atom is 0.0814 e. The molecule has 1 saturated heterocycles. The molecule has 0 amide bonds. The third-order valence-corrected chi connectivity index (χ3v) is 3.69. The van der Waals surface area contributed by atoms with E-state index >= 15 is 0 Å². The molecule has 1 aromatic rings. The van der Waals surface area contributed by atoms with Crippen LogP contribution in [0.5, 0.6) is 0 Å². The molecule has 1 aliphatic rings. The Balaban J connectivity index is 1.61. The van der Waals surface area contributed by atoms with Gasteiger partial charge < -0.3 is 14.8 Å². The lowest BCUT2D eigenvalue weighted by Gasteiger charge is -2.14. The van der Waals surface area contributed by atoms with Gasteiger partial charge in [-0.1, -0.05) is 30.7 Å². The molecular formula is C16H24ClNO2. The zero-order valence-electron chi connectivity index (χ0n) is 12.1. The molecule has 0 spiro atoms. The Morgan fingerprint density at radius 3 is 3.00 bits per heavy atom. The number of nitrogens with one attached hydrogen (secondary N) is 1. The summed E-state index contributed by atoms with van der Waals surface area (Å²) in [6, 6.07) is 7.79. The Kier molecular flexibility index (Phi) is 6.80. The van der Waals surface area contributed by atoms with E-state index in [0.29, 0.717) is 19.3 Å². The molecular weight excluding hydrogens is 274 g/mol. The summed E-state index contributed by atoms with van der Waals surface area (Å²) in [5.41, 5.74) is 1.11. The van der Waals surface area contributed by atoms with Gasteiger partial charge in [-0.05, 0) is 43.5 Å². The van der Waals surface area contributed by atoms with Gasteiger partial charge in [-0.25, -0.2) is 0 Å². The van der Waals surface area contributed by atoms with Crippen molar-refractivity contribution in [3.8, 4) is 0 Å². The van der Waals surface area contributed by atoms with Crippen molar-refractivity contribution in [2.75, 3.05) is 19.7 Å². The van der Waals surface area contributed by atoms with Crippen LogP contribution in [0.3, 0.4) is 0 Å². The fraction of sp³-hybridized carbons (Fsp3) is 0.625. The van der Waals surface area contributed by atoms with Crippen molar-refractivity contribution < 1.29 is 9.47 Å². The summed E-state index contributed by atoms with van der Waals surface area (Å²) in [5, 5.41) is 4.16. The van der Waals surface area contributed by atoms with Crippen LogP contribution in [0.2, 0.25) is 5.02 Å². The first-order chi connectivity index (χ1) is 9.78. The summed E-state index contributed by atoms with van der Waals surface area (Å²) in [5.74, 6) is 0. The highest BCUT2D eigenvalue weighted by Gasteiger charge is 2.24. The topological polar surface area (TPSA) is 30.5 Å². The average Bonchev–Trinajstić information content (AvgIpc) is 2.87. The van der Waals surface area contributed by atoms with Crippen molar-refractivity contribution in [2.24, 2.45) is 0 Å². The van der Waals surface area contributed by atoms with Gasteiger partial charge in [0, 0.05) is 11.6 Å². The molecule has 1 N–H and O–H groups in total. The van der Waals surface area contributed by atoms with Gasteiger partial charge in [0.05, 0.1) is 25.4 Å². The van der Waals surface area contributed by atoms with Gasteiger partial charge in [-0.3, -0.25) is 0 Å². The van der Waals surface area contributed by atoms with Crippen molar-refractivity contribution in [1.29, 1.82) is 0 Å². The van der Waals surface area contributed by atoms with Crippen molar-refractivity contribution in [1.82, 2.24) is 5.32 Å². The molecule has 0 bridgehead atoms. The second kappa shape index (κ2) is 8.63. The zero-order chi connectivity index (χ0) is 14.2. The molecule has 0 radical (unpaired) electrons. The summed E-state index contributed by atoms with van der Waals surface area (Å²) < 4.78 is 11.7. The van der Waals surface area contributed by atoms with Gasteiger partial charge in [0.25, 0.3) is 0 Å². The van der Waals surface area contributed by atoms with Gasteiger partial charge in [0.15, 0.2) is 0 Å².